The van der Waals surface area contributed by atoms with Gasteiger partial charge in [0.2, 0.25) is 5.95 Å². The molecule has 0 fully saturated rings. The minimum absolute atomic E-state index is 0.121. The van der Waals surface area contributed by atoms with E-state index < -0.39 is 0 Å². The number of hydrogen-bond donors (Lipinski definition) is 3. The van der Waals surface area contributed by atoms with Gasteiger partial charge >= 0.3 is 0 Å². The minimum atomic E-state index is -0.351. The summed E-state index contributed by atoms with van der Waals surface area (Å²) >= 11 is 0. The summed E-state index contributed by atoms with van der Waals surface area (Å²) in [5.74, 6) is 0.773. The molecule has 2 rings (SSSR count). The van der Waals surface area contributed by atoms with Crippen LogP contribution in [0.1, 0.15) is 0 Å². The maximum Gasteiger partial charge on any atom is 0.223 e. The smallest absolute Gasteiger partial charge is 0.223 e. The zero-order valence-electron chi connectivity index (χ0n) is 9.24. The van der Waals surface area contributed by atoms with Crippen LogP contribution in [0.3, 0.4) is 0 Å². The van der Waals surface area contributed by atoms with Crippen LogP contribution in [0.15, 0.2) is 30.3 Å². The van der Waals surface area contributed by atoms with Gasteiger partial charge in [-0.1, -0.05) is 12.1 Å². The van der Waals surface area contributed by atoms with Crippen molar-refractivity contribution in [1.82, 2.24) is 9.97 Å². The number of anilines is 4. The Morgan fingerprint density at radius 2 is 1.88 bits per heavy atom. The molecule has 0 aliphatic rings. The average Bonchev–Trinajstić information content (AvgIpc) is 2.31. The Kier molecular flexibility index (Phi) is 3.04. The highest BCUT2D eigenvalue weighted by atomic mass is 19.1. The molecule has 88 valence electrons. The highest BCUT2D eigenvalue weighted by Crippen LogP contribution is 2.20. The van der Waals surface area contributed by atoms with Crippen LogP contribution in [0.25, 0.3) is 0 Å². The van der Waals surface area contributed by atoms with Crippen molar-refractivity contribution in [3.63, 3.8) is 0 Å². The molecule has 0 radical (unpaired) electrons. The third-order valence-electron chi connectivity index (χ3n) is 2.14. The number of benzene rings is 1. The van der Waals surface area contributed by atoms with E-state index >= 15 is 0 Å². The summed E-state index contributed by atoms with van der Waals surface area (Å²) in [6.07, 6.45) is 0. The molecule has 17 heavy (non-hydrogen) atoms. The molecule has 0 aliphatic carbocycles. The zero-order valence-corrected chi connectivity index (χ0v) is 9.24. The van der Waals surface area contributed by atoms with Gasteiger partial charge in [0.15, 0.2) is 0 Å². The number of rotatable bonds is 3. The molecule has 0 aliphatic heterocycles. The molecule has 0 spiro atoms. The van der Waals surface area contributed by atoms with Crippen LogP contribution in [-0.4, -0.2) is 17.0 Å². The van der Waals surface area contributed by atoms with Crippen molar-refractivity contribution >= 4 is 23.3 Å². The lowest BCUT2D eigenvalue weighted by Crippen LogP contribution is -2.03. The molecule has 0 bridgehead atoms. The highest BCUT2D eigenvalue weighted by molar-refractivity contribution is 5.60. The number of halogens is 1. The number of para-hydroxylation sites is 1. The number of nitrogens with zero attached hydrogens (tertiary/aromatic N) is 2. The topological polar surface area (TPSA) is 75.9 Å². The molecule has 0 saturated heterocycles. The highest BCUT2D eigenvalue weighted by Gasteiger charge is 2.04. The van der Waals surface area contributed by atoms with Gasteiger partial charge in [0.25, 0.3) is 0 Å². The van der Waals surface area contributed by atoms with E-state index in [1.807, 2.05) is 0 Å². The Hall–Kier alpha value is -2.37. The second-order valence-corrected chi connectivity index (χ2v) is 3.35. The molecule has 1 heterocycles. The Balaban J connectivity index is 2.30. The third-order valence-corrected chi connectivity index (χ3v) is 2.14. The van der Waals surface area contributed by atoms with Gasteiger partial charge in [0, 0.05) is 13.1 Å². The van der Waals surface area contributed by atoms with Crippen LogP contribution in [-0.2, 0) is 0 Å². The van der Waals surface area contributed by atoms with Crippen LogP contribution in [0.4, 0.5) is 27.7 Å². The van der Waals surface area contributed by atoms with E-state index in [4.69, 9.17) is 5.73 Å². The molecule has 6 heteroatoms. The van der Waals surface area contributed by atoms with Gasteiger partial charge in [-0.2, -0.15) is 9.97 Å². The van der Waals surface area contributed by atoms with Crippen LogP contribution in [0, 0.1) is 5.82 Å². The van der Waals surface area contributed by atoms with E-state index in [1.54, 1.807) is 31.3 Å². The van der Waals surface area contributed by atoms with Crippen molar-refractivity contribution in [2.45, 2.75) is 0 Å². The average molecular weight is 233 g/mol. The largest absolute Gasteiger partial charge is 0.373 e. The monoisotopic (exact) mass is 233 g/mol. The first-order valence-corrected chi connectivity index (χ1v) is 5.03. The number of hydrogen-bond acceptors (Lipinski definition) is 5. The molecule has 1 aromatic heterocycles. The zero-order chi connectivity index (χ0) is 12.3. The first kappa shape index (κ1) is 11.1. The Morgan fingerprint density at radius 3 is 2.59 bits per heavy atom. The van der Waals surface area contributed by atoms with Crippen molar-refractivity contribution in [2.24, 2.45) is 0 Å². The van der Waals surface area contributed by atoms with Gasteiger partial charge in [-0.3, -0.25) is 0 Å². The van der Waals surface area contributed by atoms with Crippen LogP contribution in [0.5, 0.6) is 0 Å². The summed E-state index contributed by atoms with van der Waals surface area (Å²) in [6.45, 7) is 0. The van der Waals surface area contributed by atoms with Crippen molar-refractivity contribution < 1.29 is 4.39 Å². The van der Waals surface area contributed by atoms with Crippen molar-refractivity contribution in [1.29, 1.82) is 0 Å². The minimum Gasteiger partial charge on any atom is -0.373 e. The molecule has 1 aromatic carbocycles. The molecular formula is C11H12FN5. The molecule has 2 aromatic rings. The normalized spacial score (nSPS) is 10.0. The molecule has 0 amide bonds. The number of nitrogen functional groups attached to an aromatic ring is 1. The summed E-state index contributed by atoms with van der Waals surface area (Å²) in [5.41, 5.74) is 5.87. The van der Waals surface area contributed by atoms with Gasteiger partial charge < -0.3 is 16.4 Å². The maximum absolute atomic E-state index is 13.4. The standard InChI is InChI=1S/C11H12FN5/c1-14-9-6-10(17-11(13)16-9)15-8-5-3-2-4-7(8)12/h2-6H,1H3,(H4,13,14,15,16,17). The summed E-state index contributed by atoms with van der Waals surface area (Å²) < 4.78 is 13.4. The number of aromatic nitrogens is 2. The molecule has 5 nitrogen and oxygen atoms in total. The summed E-state index contributed by atoms with van der Waals surface area (Å²) in [7, 11) is 1.72. The number of nitrogens with one attached hydrogen (secondary N) is 2. The SMILES string of the molecule is CNc1cc(Nc2ccccc2F)nc(N)n1. The maximum atomic E-state index is 13.4. The Morgan fingerprint density at radius 1 is 1.18 bits per heavy atom. The predicted molar refractivity (Wildman–Crippen MR) is 65.7 cm³/mol. The lowest BCUT2D eigenvalue weighted by Gasteiger charge is -2.08. The Labute approximate surface area is 97.9 Å². The van der Waals surface area contributed by atoms with Crippen molar-refractivity contribution in [2.75, 3.05) is 23.4 Å². The second-order valence-electron chi connectivity index (χ2n) is 3.35. The fourth-order valence-corrected chi connectivity index (χ4v) is 1.36. The summed E-state index contributed by atoms with van der Waals surface area (Å²) in [4.78, 5) is 7.91. The molecular weight excluding hydrogens is 221 g/mol. The van der Waals surface area contributed by atoms with E-state index in [1.165, 1.54) is 6.07 Å². The first-order valence-electron chi connectivity index (χ1n) is 5.03. The first-order chi connectivity index (χ1) is 8.19. The van der Waals surface area contributed by atoms with Crippen molar-refractivity contribution in [3.05, 3.63) is 36.1 Å². The van der Waals surface area contributed by atoms with Crippen LogP contribution < -0.4 is 16.4 Å². The molecule has 0 saturated carbocycles. The van der Waals surface area contributed by atoms with Gasteiger partial charge in [0.05, 0.1) is 5.69 Å². The Bertz CT molecular complexity index is 529. The van der Waals surface area contributed by atoms with E-state index in [-0.39, 0.29) is 11.8 Å². The van der Waals surface area contributed by atoms with Gasteiger partial charge in [0.1, 0.15) is 17.5 Å². The lowest BCUT2D eigenvalue weighted by atomic mass is 10.3. The third kappa shape index (κ3) is 2.60. The fraction of sp³-hybridized carbons (Fsp3) is 0.0909. The van der Waals surface area contributed by atoms with Gasteiger partial charge in [-0.05, 0) is 12.1 Å². The van der Waals surface area contributed by atoms with E-state index in [2.05, 4.69) is 20.6 Å². The second kappa shape index (κ2) is 4.65. The number of nitrogens with two attached hydrogens (primary N) is 1. The van der Waals surface area contributed by atoms with Gasteiger partial charge in [-0.15, -0.1) is 0 Å². The van der Waals surface area contributed by atoms with Crippen molar-refractivity contribution in [3.8, 4) is 0 Å². The molecule has 0 unspecified atom stereocenters. The lowest BCUT2D eigenvalue weighted by molar-refractivity contribution is 0.632. The quantitative estimate of drug-likeness (QED) is 0.755. The van der Waals surface area contributed by atoms with E-state index in [0.717, 1.165) is 0 Å². The van der Waals surface area contributed by atoms with Gasteiger partial charge in [-0.25, -0.2) is 4.39 Å². The van der Waals surface area contributed by atoms with Crippen LogP contribution >= 0.6 is 0 Å². The van der Waals surface area contributed by atoms with Crippen LogP contribution in [0.2, 0.25) is 0 Å². The summed E-state index contributed by atoms with van der Waals surface area (Å²) in [6, 6.07) is 7.98. The molecule has 0 atom stereocenters. The van der Waals surface area contributed by atoms with E-state index in [9.17, 15) is 4.39 Å². The molecule has 4 N–H and O–H groups in total. The van der Waals surface area contributed by atoms with E-state index in [0.29, 0.717) is 17.3 Å². The fourth-order valence-electron chi connectivity index (χ4n) is 1.36. The predicted octanol–water partition coefficient (Wildman–Crippen LogP) is 1.98. The summed E-state index contributed by atoms with van der Waals surface area (Å²) in [5, 5.41) is 5.69.